The van der Waals surface area contributed by atoms with Crippen LogP contribution in [0.4, 0.5) is 0 Å². The van der Waals surface area contributed by atoms with E-state index in [2.05, 4.69) is 11.9 Å². The predicted molar refractivity (Wildman–Crippen MR) is 58.4 cm³/mol. The Morgan fingerprint density at radius 3 is 2.57 bits per heavy atom. The Morgan fingerprint density at radius 1 is 1.43 bits per heavy atom. The highest BCUT2D eigenvalue weighted by atomic mass is 16.4. The van der Waals surface area contributed by atoms with Crippen molar-refractivity contribution in [1.29, 1.82) is 0 Å². The van der Waals surface area contributed by atoms with Gasteiger partial charge in [-0.3, -0.25) is 4.79 Å². The molecule has 0 rings (SSSR count). The largest absolute Gasteiger partial charge is 0.480 e. The molecule has 0 heterocycles. The van der Waals surface area contributed by atoms with Gasteiger partial charge in [0.25, 0.3) is 0 Å². The van der Waals surface area contributed by atoms with Crippen LogP contribution in [0, 0.1) is 0 Å². The smallest absolute Gasteiger partial charge is 0.323 e. The molecule has 0 aliphatic heterocycles. The maximum atomic E-state index is 10.7. The van der Waals surface area contributed by atoms with Crippen LogP contribution >= 0.6 is 0 Å². The summed E-state index contributed by atoms with van der Waals surface area (Å²) in [6, 6.07) is 0. The highest BCUT2D eigenvalue weighted by Gasteiger charge is 2.25. The number of carbonyl (C=O) groups is 1. The van der Waals surface area contributed by atoms with Crippen LogP contribution < -0.4 is 5.32 Å². The van der Waals surface area contributed by atoms with Gasteiger partial charge < -0.3 is 10.4 Å². The van der Waals surface area contributed by atoms with Gasteiger partial charge in [-0.2, -0.15) is 0 Å². The molecule has 0 amide bonds. The summed E-state index contributed by atoms with van der Waals surface area (Å²) in [7, 11) is 0. The van der Waals surface area contributed by atoms with Crippen molar-refractivity contribution in [3.63, 3.8) is 0 Å². The lowest BCUT2D eigenvalue weighted by Crippen LogP contribution is -2.46. The molecule has 0 spiro atoms. The van der Waals surface area contributed by atoms with Gasteiger partial charge in [0.05, 0.1) is 0 Å². The summed E-state index contributed by atoms with van der Waals surface area (Å²) in [5, 5.41) is 11.8. The van der Waals surface area contributed by atoms with Gasteiger partial charge in [-0.05, 0) is 39.7 Å². The number of carboxylic acids is 1. The topological polar surface area (TPSA) is 49.3 Å². The first kappa shape index (κ1) is 13.2. The monoisotopic (exact) mass is 199 g/mol. The van der Waals surface area contributed by atoms with Crippen molar-refractivity contribution in [3.05, 3.63) is 12.7 Å². The highest BCUT2D eigenvalue weighted by molar-refractivity contribution is 5.77. The third-order valence-corrected chi connectivity index (χ3v) is 2.19. The van der Waals surface area contributed by atoms with Crippen LogP contribution in [-0.4, -0.2) is 23.2 Å². The van der Waals surface area contributed by atoms with E-state index in [0.717, 1.165) is 32.2 Å². The minimum absolute atomic E-state index is 0.760. The van der Waals surface area contributed by atoms with Gasteiger partial charge in [0, 0.05) is 0 Å². The SMILES string of the molecule is C=CCCCCCNC(C)(C)C(=O)O. The number of rotatable bonds is 8. The summed E-state index contributed by atoms with van der Waals surface area (Å²) in [5.74, 6) is -0.802. The van der Waals surface area contributed by atoms with E-state index < -0.39 is 11.5 Å². The molecule has 0 saturated heterocycles. The van der Waals surface area contributed by atoms with Gasteiger partial charge in [-0.1, -0.05) is 12.5 Å². The van der Waals surface area contributed by atoms with Crippen molar-refractivity contribution in [2.45, 2.75) is 45.1 Å². The number of unbranched alkanes of at least 4 members (excludes halogenated alkanes) is 3. The average Bonchev–Trinajstić information content (AvgIpc) is 2.10. The van der Waals surface area contributed by atoms with Crippen LogP contribution in [0.1, 0.15) is 39.5 Å². The van der Waals surface area contributed by atoms with Gasteiger partial charge in [0.1, 0.15) is 5.54 Å². The van der Waals surface area contributed by atoms with Gasteiger partial charge in [-0.25, -0.2) is 0 Å². The van der Waals surface area contributed by atoms with E-state index in [9.17, 15) is 4.79 Å². The van der Waals surface area contributed by atoms with Crippen molar-refractivity contribution in [2.75, 3.05) is 6.54 Å². The summed E-state index contributed by atoms with van der Waals surface area (Å²) in [4.78, 5) is 10.7. The zero-order valence-electron chi connectivity index (χ0n) is 9.18. The van der Waals surface area contributed by atoms with Crippen molar-refractivity contribution in [3.8, 4) is 0 Å². The van der Waals surface area contributed by atoms with Crippen LogP contribution in [-0.2, 0) is 4.79 Å². The van der Waals surface area contributed by atoms with Crippen LogP contribution in [0.15, 0.2) is 12.7 Å². The molecule has 0 bridgehead atoms. The molecule has 0 aromatic carbocycles. The minimum atomic E-state index is -0.807. The molecule has 0 radical (unpaired) electrons. The second-order valence-electron chi connectivity index (χ2n) is 3.99. The molecule has 0 atom stereocenters. The van der Waals surface area contributed by atoms with E-state index in [1.54, 1.807) is 13.8 Å². The molecule has 0 unspecified atom stereocenters. The first-order valence-corrected chi connectivity index (χ1v) is 5.10. The zero-order chi connectivity index (χ0) is 11.0. The lowest BCUT2D eigenvalue weighted by molar-refractivity contribution is -0.143. The fourth-order valence-corrected chi connectivity index (χ4v) is 1.07. The Morgan fingerprint density at radius 2 is 2.07 bits per heavy atom. The van der Waals surface area contributed by atoms with Crippen LogP contribution in [0.25, 0.3) is 0 Å². The maximum absolute atomic E-state index is 10.7. The first-order valence-electron chi connectivity index (χ1n) is 5.10. The highest BCUT2D eigenvalue weighted by Crippen LogP contribution is 2.04. The third-order valence-electron chi connectivity index (χ3n) is 2.19. The van der Waals surface area contributed by atoms with Gasteiger partial charge >= 0.3 is 5.97 Å². The van der Waals surface area contributed by atoms with E-state index in [4.69, 9.17) is 5.11 Å². The summed E-state index contributed by atoms with van der Waals surface area (Å²) >= 11 is 0. The minimum Gasteiger partial charge on any atom is -0.480 e. The van der Waals surface area contributed by atoms with Gasteiger partial charge in [0.15, 0.2) is 0 Å². The maximum Gasteiger partial charge on any atom is 0.323 e. The number of allylic oxidation sites excluding steroid dienone is 1. The summed E-state index contributed by atoms with van der Waals surface area (Å²) in [6.45, 7) is 7.77. The van der Waals surface area contributed by atoms with E-state index in [-0.39, 0.29) is 0 Å². The first-order chi connectivity index (χ1) is 6.50. The van der Waals surface area contributed by atoms with Crippen molar-refractivity contribution >= 4 is 5.97 Å². The standard InChI is InChI=1S/C11H21NO2/c1-4-5-6-7-8-9-12-11(2,3)10(13)14/h4,12H,1,5-9H2,2-3H3,(H,13,14). The quantitative estimate of drug-likeness (QED) is 0.465. The molecule has 0 fully saturated rings. The molecule has 0 aromatic heterocycles. The van der Waals surface area contributed by atoms with E-state index >= 15 is 0 Å². The molecule has 2 N–H and O–H groups in total. The Balaban J connectivity index is 3.44. The predicted octanol–water partition coefficient (Wildman–Crippen LogP) is 2.19. The van der Waals surface area contributed by atoms with Crippen LogP contribution in [0.5, 0.6) is 0 Å². The van der Waals surface area contributed by atoms with Gasteiger partial charge in [0.2, 0.25) is 0 Å². The third kappa shape index (κ3) is 5.75. The van der Waals surface area contributed by atoms with E-state index in [1.165, 1.54) is 0 Å². The Labute approximate surface area is 86.2 Å². The van der Waals surface area contributed by atoms with E-state index in [1.807, 2.05) is 6.08 Å². The summed E-state index contributed by atoms with van der Waals surface area (Å²) < 4.78 is 0. The second-order valence-corrected chi connectivity index (χ2v) is 3.99. The number of nitrogens with one attached hydrogen (secondary N) is 1. The molecular formula is C11H21NO2. The number of hydrogen-bond acceptors (Lipinski definition) is 2. The molecule has 0 aliphatic carbocycles. The average molecular weight is 199 g/mol. The van der Waals surface area contributed by atoms with Crippen molar-refractivity contribution < 1.29 is 9.90 Å². The molecule has 0 aromatic rings. The molecule has 14 heavy (non-hydrogen) atoms. The Kier molecular flexibility index (Phi) is 6.21. The fourth-order valence-electron chi connectivity index (χ4n) is 1.07. The molecule has 82 valence electrons. The Hall–Kier alpha value is -0.830. The summed E-state index contributed by atoms with van der Waals surface area (Å²) in [5.41, 5.74) is -0.807. The molecule has 3 heteroatoms. The second kappa shape index (κ2) is 6.60. The normalized spacial score (nSPS) is 11.3. The molecule has 3 nitrogen and oxygen atoms in total. The van der Waals surface area contributed by atoms with Crippen LogP contribution in [0.2, 0.25) is 0 Å². The molecular weight excluding hydrogens is 178 g/mol. The molecule has 0 saturated carbocycles. The van der Waals surface area contributed by atoms with E-state index in [0.29, 0.717) is 0 Å². The number of carboxylic acid groups (broad SMARTS) is 1. The van der Waals surface area contributed by atoms with Crippen molar-refractivity contribution in [1.82, 2.24) is 5.32 Å². The van der Waals surface area contributed by atoms with Crippen molar-refractivity contribution in [2.24, 2.45) is 0 Å². The molecule has 0 aliphatic rings. The lowest BCUT2D eigenvalue weighted by atomic mass is 10.1. The van der Waals surface area contributed by atoms with Crippen LogP contribution in [0.3, 0.4) is 0 Å². The number of hydrogen-bond donors (Lipinski definition) is 2. The zero-order valence-corrected chi connectivity index (χ0v) is 9.18. The number of aliphatic carboxylic acids is 1. The summed E-state index contributed by atoms with van der Waals surface area (Å²) in [6.07, 6.45) is 6.23. The van der Waals surface area contributed by atoms with Gasteiger partial charge in [-0.15, -0.1) is 6.58 Å². The Bertz CT molecular complexity index is 188. The lowest BCUT2D eigenvalue weighted by Gasteiger charge is -2.20. The fraction of sp³-hybridized carbons (Fsp3) is 0.727.